The van der Waals surface area contributed by atoms with Gasteiger partial charge in [-0.15, -0.1) is 6.58 Å². The van der Waals surface area contributed by atoms with Crippen LogP contribution in [0.1, 0.15) is 23.5 Å². The molecule has 0 fully saturated rings. The van der Waals surface area contributed by atoms with E-state index in [0.717, 1.165) is 24.5 Å². The first-order valence-corrected chi connectivity index (χ1v) is 5.19. The smallest absolute Gasteiger partial charge is 0.130 e. The maximum atomic E-state index is 5.62. The quantitative estimate of drug-likeness (QED) is 0.553. The number of aryl methyl sites for hydroxylation is 1. The zero-order valence-corrected chi connectivity index (χ0v) is 9.51. The van der Waals surface area contributed by atoms with Gasteiger partial charge in [0.2, 0.25) is 0 Å². The molecule has 0 aliphatic rings. The SMILES string of the molecule is C=CCCOCc1cc(C)c(CNC)o1. The summed E-state index contributed by atoms with van der Waals surface area (Å²) in [5.41, 5.74) is 1.17. The number of ether oxygens (including phenoxy) is 1. The van der Waals surface area contributed by atoms with Gasteiger partial charge in [-0.2, -0.15) is 0 Å². The van der Waals surface area contributed by atoms with Crippen LogP contribution in [0, 0.1) is 6.92 Å². The van der Waals surface area contributed by atoms with E-state index >= 15 is 0 Å². The fraction of sp³-hybridized carbons (Fsp3) is 0.500. The van der Waals surface area contributed by atoms with Crippen molar-refractivity contribution in [3.05, 3.63) is 35.8 Å². The van der Waals surface area contributed by atoms with Crippen LogP contribution in [0.3, 0.4) is 0 Å². The Labute approximate surface area is 91.1 Å². The fourth-order valence-electron chi connectivity index (χ4n) is 1.34. The van der Waals surface area contributed by atoms with Gasteiger partial charge < -0.3 is 14.5 Å². The molecule has 1 aromatic rings. The molecule has 1 rings (SSSR count). The first kappa shape index (κ1) is 12.0. The van der Waals surface area contributed by atoms with Gasteiger partial charge in [-0.25, -0.2) is 0 Å². The van der Waals surface area contributed by atoms with E-state index in [1.54, 1.807) is 0 Å². The number of nitrogens with one attached hydrogen (secondary N) is 1. The summed E-state index contributed by atoms with van der Waals surface area (Å²) < 4.78 is 11.0. The topological polar surface area (TPSA) is 34.4 Å². The molecule has 1 aromatic heterocycles. The number of rotatable bonds is 7. The van der Waals surface area contributed by atoms with Crippen LogP contribution >= 0.6 is 0 Å². The Hall–Kier alpha value is -1.06. The highest BCUT2D eigenvalue weighted by Crippen LogP contribution is 2.15. The molecule has 0 aliphatic carbocycles. The number of hydrogen-bond acceptors (Lipinski definition) is 3. The molecular weight excluding hydrogens is 190 g/mol. The van der Waals surface area contributed by atoms with Gasteiger partial charge in [0.25, 0.3) is 0 Å². The van der Waals surface area contributed by atoms with Gasteiger partial charge in [-0.1, -0.05) is 6.08 Å². The largest absolute Gasteiger partial charge is 0.462 e. The van der Waals surface area contributed by atoms with Gasteiger partial charge >= 0.3 is 0 Å². The van der Waals surface area contributed by atoms with Crippen molar-refractivity contribution in [3.63, 3.8) is 0 Å². The minimum atomic E-state index is 0.540. The minimum Gasteiger partial charge on any atom is -0.462 e. The minimum absolute atomic E-state index is 0.540. The Bertz CT molecular complexity index is 305. The third-order valence-corrected chi connectivity index (χ3v) is 2.12. The monoisotopic (exact) mass is 209 g/mol. The Kier molecular flexibility index (Phi) is 5.15. The second kappa shape index (κ2) is 6.43. The molecule has 3 nitrogen and oxygen atoms in total. The molecule has 0 radical (unpaired) electrons. The third kappa shape index (κ3) is 3.90. The summed E-state index contributed by atoms with van der Waals surface area (Å²) in [5, 5.41) is 3.07. The fourth-order valence-corrected chi connectivity index (χ4v) is 1.34. The lowest BCUT2D eigenvalue weighted by Gasteiger charge is -1.99. The maximum absolute atomic E-state index is 5.62. The van der Waals surface area contributed by atoms with E-state index in [9.17, 15) is 0 Å². The van der Waals surface area contributed by atoms with E-state index in [4.69, 9.17) is 9.15 Å². The lowest BCUT2D eigenvalue weighted by molar-refractivity contribution is 0.109. The standard InChI is InChI=1S/C12H19NO2/c1-4-5-6-14-9-11-7-10(2)12(15-11)8-13-3/h4,7,13H,1,5-6,8-9H2,2-3H3. The van der Waals surface area contributed by atoms with Gasteiger partial charge in [0.05, 0.1) is 13.2 Å². The molecule has 3 heteroatoms. The average Bonchev–Trinajstić information content (AvgIpc) is 2.55. The molecule has 0 saturated carbocycles. The van der Waals surface area contributed by atoms with E-state index < -0.39 is 0 Å². The summed E-state index contributed by atoms with van der Waals surface area (Å²) in [6, 6.07) is 2.03. The van der Waals surface area contributed by atoms with E-state index in [1.165, 1.54) is 5.56 Å². The van der Waals surface area contributed by atoms with E-state index in [-0.39, 0.29) is 0 Å². The number of hydrogen-bond donors (Lipinski definition) is 1. The Morgan fingerprint density at radius 3 is 3.07 bits per heavy atom. The normalized spacial score (nSPS) is 10.5. The van der Waals surface area contributed by atoms with Crippen LogP contribution in [-0.4, -0.2) is 13.7 Å². The average molecular weight is 209 g/mol. The lowest BCUT2D eigenvalue weighted by Crippen LogP contribution is -2.04. The summed E-state index contributed by atoms with van der Waals surface area (Å²) >= 11 is 0. The molecule has 0 atom stereocenters. The molecule has 0 spiro atoms. The van der Waals surface area contributed by atoms with Crippen molar-refractivity contribution in [3.8, 4) is 0 Å². The molecule has 0 bridgehead atoms. The molecule has 0 aromatic carbocycles. The van der Waals surface area contributed by atoms with Crippen LogP contribution in [0.15, 0.2) is 23.1 Å². The van der Waals surface area contributed by atoms with Gasteiger partial charge in [0.1, 0.15) is 18.1 Å². The van der Waals surface area contributed by atoms with Crippen LogP contribution in [0.4, 0.5) is 0 Å². The van der Waals surface area contributed by atoms with Crippen LogP contribution in [0.5, 0.6) is 0 Å². The van der Waals surface area contributed by atoms with Crippen molar-refractivity contribution in [1.29, 1.82) is 0 Å². The van der Waals surface area contributed by atoms with Crippen molar-refractivity contribution in [2.24, 2.45) is 0 Å². The van der Waals surface area contributed by atoms with Crippen molar-refractivity contribution in [1.82, 2.24) is 5.32 Å². The highest BCUT2D eigenvalue weighted by atomic mass is 16.5. The highest BCUT2D eigenvalue weighted by molar-refractivity contribution is 5.19. The van der Waals surface area contributed by atoms with Crippen LogP contribution in [0.2, 0.25) is 0 Å². The second-order valence-corrected chi connectivity index (χ2v) is 3.48. The Balaban J connectivity index is 2.40. The zero-order chi connectivity index (χ0) is 11.1. The van der Waals surface area contributed by atoms with Gasteiger partial charge in [-0.3, -0.25) is 0 Å². The predicted molar refractivity (Wildman–Crippen MR) is 60.7 cm³/mol. The van der Waals surface area contributed by atoms with Crippen molar-refractivity contribution < 1.29 is 9.15 Å². The van der Waals surface area contributed by atoms with Crippen molar-refractivity contribution >= 4 is 0 Å². The van der Waals surface area contributed by atoms with Gasteiger partial charge in [0, 0.05) is 0 Å². The van der Waals surface area contributed by atoms with Crippen LogP contribution in [0.25, 0.3) is 0 Å². The molecule has 1 N–H and O–H groups in total. The predicted octanol–water partition coefficient (Wildman–Crippen LogP) is 2.40. The molecule has 1 heterocycles. The van der Waals surface area contributed by atoms with Gasteiger partial charge in [0.15, 0.2) is 0 Å². The second-order valence-electron chi connectivity index (χ2n) is 3.48. The first-order chi connectivity index (χ1) is 7.27. The van der Waals surface area contributed by atoms with Crippen LogP contribution < -0.4 is 5.32 Å². The molecule has 0 amide bonds. The first-order valence-electron chi connectivity index (χ1n) is 5.19. The lowest BCUT2D eigenvalue weighted by atomic mass is 10.2. The maximum Gasteiger partial charge on any atom is 0.130 e. The van der Waals surface area contributed by atoms with Crippen molar-refractivity contribution in [2.75, 3.05) is 13.7 Å². The van der Waals surface area contributed by atoms with Crippen molar-refractivity contribution in [2.45, 2.75) is 26.5 Å². The van der Waals surface area contributed by atoms with E-state index in [0.29, 0.717) is 13.2 Å². The van der Waals surface area contributed by atoms with Crippen LogP contribution in [-0.2, 0) is 17.9 Å². The summed E-state index contributed by atoms with van der Waals surface area (Å²) in [7, 11) is 1.90. The molecule has 84 valence electrons. The van der Waals surface area contributed by atoms with E-state index in [2.05, 4.69) is 11.9 Å². The summed E-state index contributed by atoms with van der Waals surface area (Å²) in [4.78, 5) is 0. The third-order valence-electron chi connectivity index (χ3n) is 2.12. The highest BCUT2D eigenvalue weighted by Gasteiger charge is 2.06. The molecule has 15 heavy (non-hydrogen) atoms. The zero-order valence-electron chi connectivity index (χ0n) is 9.51. The summed E-state index contributed by atoms with van der Waals surface area (Å²) in [5.74, 6) is 1.88. The summed E-state index contributed by atoms with van der Waals surface area (Å²) in [6.07, 6.45) is 2.73. The Morgan fingerprint density at radius 1 is 1.60 bits per heavy atom. The van der Waals surface area contributed by atoms with E-state index in [1.807, 2.05) is 26.1 Å². The molecule has 0 unspecified atom stereocenters. The summed E-state index contributed by atoms with van der Waals surface area (Å²) in [6.45, 7) is 7.68. The molecular formula is C12H19NO2. The Morgan fingerprint density at radius 2 is 2.40 bits per heavy atom. The van der Waals surface area contributed by atoms with Gasteiger partial charge in [-0.05, 0) is 32.0 Å². The molecule has 0 aliphatic heterocycles. The number of furan rings is 1. The molecule has 0 saturated heterocycles.